The van der Waals surface area contributed by atoms with Gasteiger partial charge in [0.05, 0.1) is 5.92 Å². The van der Waals surface area contributed by atoms with Crippen LogP contribution in [0.3, 0.4) is 0 Å². The van der Waals surface area contributed by atoms with Gasteiger partial charge in [0, 0.05) is 47.2 Å². The molecule has 5 rings (SSSR count). The first-order chi connectivity index (χ1) is 14.5. The molecule has 3 aliphatic rings. The Kier molecular flexibility index (Phi) is 4.59. The maximum Gasteiger partial charge on any atom is 0.253 e. The van der Waals surface area contributed by atoms with Gasteiger partial charge in [0.25, 0.3) is 5.91 Å². The fraction of sp³-hybridized carbons (Fsp3) is 0.364. The molecule has 2 aromatic rings. The van der Waals surface area contributed by atoms with Crippen molar-refractivity contribution < 1.29 is 18.4 Å². The number of nitrogens with one attached hydrogen (secondary N) is 1. The summed E-state index contributed by atoms with van der Waals surface area (Å²) in [6.45, 7) is 2.44. The van der Waals surface area contributed by atoms with E-state index in [2.05, 4.69) is 10.2 Å². The zero-order valence-electron chi connectivity index (χ0n) is 16.4. The van der Waals surface area contributed by atoms with E-state index in [1.54, 1.807) is 16.7 Å². The third kappa shape index (κ3) is 2.56. The maximum atomic E-state index is 13.8. The van der Waals surface area contributed by atoms with E-state index >= 15 is 0 Å². The van der Waals surface area contributed by atoms with Crippen LogP contribution < -0.4 is 10.2 Å². The topological polar surface area (TPSA) is 52.7 Å². The monoisotopic (exact) mass is 429 g/mol. The molecule has 0 unspecified atom stereocenters. The molecule has 1 N–H and O–H groups in total. The van der Waals surface area contributed by atoms with E-state index in [4.69, 9.17) is 0 Å². The summed E-state index contributed by atoms with van der Waals surface area (Å²) in [7, 11) is 0. The van der Waals surface area contributed by atoms with Gasteiger partial charge in [0.15, 0.2) is 11.6 Å². The largest absolute Gasteiger partial charge is 0.326 e. The van der Waals surface area contributed by atoms with Gasteiger partial charge in [-0.2, -0.15) is 0 Å². The van der Waals surface area contributed by atoms with Crippen LogP contribution in [0.2, 0.25) is 0 Å². The minimum absolute atomic E-state index is 0.0818. The van der Waals surface area contributed by atoms with E-state index in [0.29, 0.717) is 18.8 Å². The van der Waals surface area contributed by atoms with Gasteiger partial charge in [0.1, 0.15) is 5.54 Å². The molecule has 2 aromatic carbocycles. The second-order valence-electron chi connectivity index (χ2n) is 7.86. The Hall–Kier alpha value is -2.45. The second-order valence-corrected chi connectivity index (χ2v) is 8.86. The maximum absolute atomic E-state index is 13.8. The van der Waals surface area contributed by atoms with Crippen LogP contribution in [-0.2, 0) is 15.1 Å². The molecule has 2 saturated heterocycles. The van der Waals surface area contributed by atoms with Crippen LogP contribution in [0.4, 0.5) is 20.2 Å². The molecule has 8 heteroatoms. The second kappa shape index (κ2) is 7.06. The number of hydrogen-bond acceptors (Lipinski definition) is 4. The number of para-hydroxylation sites is 1. The highest BCUT2D eigenvalue weighted by atomic mass is 32.2. The number of amides is 2. The zero-order valence-corrected chi connectivity index (χ0v) is 17.2. The summed E-state index contributed by atoms with van der Waals surface area (Å²) < 4.78 is 26.9. The Balaban J connectivity index is 1.59. The quantitative estimate of drug-likeness (QED) is 0.811. The van der Waals surface area contributed by atoms with E-state index in [1.807, 2.05) is 31.2 Å². The molecule has 0 saturated carbocycles. The van der Waals surface area contributed by atoms with E-state index in [1.165, 1.54) is 6.07 Å². The molecule has 2 fully saturated rings. The predicted octanol–water partition coefficient (Wildman–Crippen LogP) is 3.56. The number of benzene rings is 2. The smallest absolute Gasteiger partial charge is 0.253 e. The summed E-state index contributed by atoms with van der Waals surface area (Å²) >= 11 is 1.77. The van der Waals surface area contributed by atoms with E-state index in [9.17, 15) is 18.4 Å². The molecule has 0 bridgehead atoms. The Labute approximate surface area is 177 Å². The van der Waals surface area contributed by atoms with Crippen LogP contribution in [0, 0.1) is 17.6 Å². The summed E-state index contributed by atoms with van der Waals surface area (Å²) in [4.78, 5) is 31.2. The van der Waals surface area contributed by atoms with Crippen molar-refractivity contribution in [2.24, 2.45) is 5.92 Å². The van der Waals surface area contributed by atoms with Gasteiger partial charge < -0.3 is 10.2 Å². The minimum Gasteiger partial charge on any atom is -0.326 e. The van der Waals surface area contributed by atoms with Crippen molar-refractivity contribution in [2.45, 2.75) is 24.9 Å². The first-order valence-electron chi connectivity index (χ1n) is 10.00. The summed E-state index contributed by atoms with van der Waals surface area (Å²) in [6.07, 6.45) is 0.542. The van der Waals surface area contributed by atoms with Crippen LogP contribution in [0.5, 0.6) is 0 Å². The first-order valence-corrected chi connectivity index (χ1v) is 11.2. The number of rotatable bonds is 3. The van der Waals surface area contributed by atoms with Gasteiger partial charge in [0.2, 0.25) is 5.91 Å². The van der Waals surface area contributed by atoms with Gasteiger partial charge in [-0.25, -0.2) is 8.78 Å². The fourth-order valence-electron chi connectivity index (χ4n) is 5.20. The third-order valence-corrected chi connectivity index (χ3v) is 7.52. The summed E-state index contributed by atoms with van der Waals surface area (Å²) in [5.74, 6) is -1.51. The fourth-order valence-corrected chi connectivity index (χ4v) is 6.50. The predicted molar refractivity (Wildman–Crippen MR) is 112 cm³/mol. The molecule has 2 amide bonds. The van der Waals surface area contributed by atoms with E-state index in [0.717, 1.165) is 29.1 Å². The van der Waals surface area contributed by atoms with Crippen LogP contribution in [-0.4, -0.2) is 40.9 Å². The summed E-state index contributed by atoms with van der Waals surface area (Å²) in [5.41, 5.74) is 0.811. The van der Waals surface area contributed by atoms with Crippen molar-refractivity contribution in [1.82, 2.24) is 4.90 Å². The van der Waals surface area contributed by atoms with Crippen molar-refractivity contribution in [1.29, 1.82) is 0 Å². The molecule has 3 aliphatic heterocycles. The Morgan fingerprint density at radius 2 is 2.03 bits per heavy atom. The van der Waals surface area contributed by atoms with Crippen molar-refractivity contribution in [3.8, 4) is 0 Å². The number of nitrogens with zero attached hydrogens (tertiary/aromatic N) is 2. The van der Waals surface area contributed by atoms with Gasteiger partial charge in [-0.05, 0) is 31.5 Å². The highest BCUT2D eigenvalue weighted by molar-refractivity contribution is 7.99. The lowest BCUT2D eigenvalue weighted by atomic mass is 9.79. The number of thioether (sulfide) groups is 1. The standard InChI is InChI=1S/C22H21F2N3O2S/c1-2-26-19-6-4-3-5-15(19)22(21(26)29)16(10-14-11-30-12-27(14)22)20(28)25-13-7-8-17(23)18(24)9-13/h3-9,14,16H,2,10-12H2,1H3,(H,25,28)/t14-,16-,22+/m1/s1. The average Bonchev–Trinajstić information content (AvgIpc) is 3.38. The van der Waals surface area contributed by atoms with Crippen molar-refractivity contribution in [3.63, 3.8) is 0 Å². The number of carbonyl (C=O) groups excluding carboxylic acids is 2. The highest BCUT2D eigenvalue weighted by Crippen LogP contribution is 2.57. The molecule has 156 valence electrons. The molecule has 1 spiro atoms. The minimum atomic E-state index is -1.07. The lowest BCUT2D eigenvalue weighted by Gasteiger charge is -2.36. The average molecular weight is 429 g/mol. The van der Waals surface area contributed by atoms with Gasteiger partial charge in [-0.1, -0.05) is 18.2 Å². The SMILES string of the molecule is CCN1C(=O)[C@]2(c3ccccc31)[C@@H](C(=O)Nc1ccc(F)c(F)c1)C[C@@H]1CSCN12. The molecule has 0 aromatic heterocycles. The Bertz CT molecular complexity index is 1050. The first kappa shape index (κ1) is 19.5. The molecular formula is C22H21F2N3O2S. The molecule has 0 aliphatic carbocycles. The normalized spacial score (nSPS) is 27.6. The Morgan fingerprint density at radius 3 is 2.80 bits per heavy atom. The van der Waals surface area contributed by atoms with Crippen molar-refractivity contribution in [3.05, 3.63) is 59.7 Å². The van der Waals surface area contributed by atoms with Gasteiger partial charge >= 0.3 is 0 Å². The highest BCUT2D eigenvalue weighted by Gasteiger charge is 2.67. The number of carbonyl (C=O) groups is 2. The lowest BCUT2D eigenvalue weighted by molar-refractivity contribution is -0.136. The number of halogens is 2. The van der Waals surface area contributed by atoms with Gasteiger partial charge in [-0.3, -0.25) is 14.5 Å². The molecule has 3 atom stereocenters. The Morgan fingerprint density at radius 1 is 1.23 bits per heavy atom. The van der Waals surface area contributed by atoms with Crippen LogP contribution >= 0.6 is 11.8 Å². The molecule has 0 radical (unpaired) electrons. The van der Waals surface area contributed by atoms with Crippen LogP contribution in [0.15, 0.2) is 42.5 Å². The third-order valence-electron chi connectivity index (χ3n) is 6.44. The summed E-state index contributed by atoms with van der Waals surface area (Å²) in [5, 5.41) is 2.73. The molecular weight excluding hydrogens is 408 g/mol. The number of hydrogen-bond donors (Lipinski definition) is 1. The molecule has 30 heavy (non-hydrogen) atoms. The van der Waals surface area contributed by atoms with Gasteiger partial charge in [-0.15, -0.1) is 11.8 Å². The lowest BCUT2D eigenvalue weighted by Crippen LogP contribution is -2.55. The van der Waals surface area contributed by atoms with Crippen LogP contribution in [0.25, 0.3) is 0 Å². The molecule has 5 nitrogen and oxygen atoms in total. The van der Waals surface area contributed by atoms with E-state index < -0.39 is 23.1 Å². The zero-order chi connectivity index (χ0) is 21.0. The number of likely N-dealkylation sites (N-methyl/N-ethyl adjacent to an activating group) is 1. The van der Waals surface area contributed by atoms with Crippen molar-refractivity contribution >= 4 is 35.0 Å². The van der Waals surface area contributed by atoms with Crippen LogP contribution in [0.1, 0.15) is 18.9 Å². The summed E-state index contributed by atoms with van der Waals surface area (Å²) in [6, 6.07) is 11.1. The number of fused-ring (bicyclic) bond motifs is 4. The number of anilines is 2. The molecule has 3 heterocycles. The van der Waals surface area contributed by atoms with E-state index in [-0.39, 0.29) is 23.5 Å². The van der Waals surface area contributed by atoms with Crippen molar-refractivity contribution in [2.75, 3.05) is 28.4 Å².